The second-order valence-corrected chi connectivity index (χ2v) is 6.76. The lowest BCUT2D eigenvalue weighted by molar-refractivity contribution is -0.384. The van der Waals surface area contributed by atoms with Gasteiger partial charge in [-0.1, -0.05) is 30.3 Å². The zero-order chi connectivity index (χ0) is 17.7. The molecule has 0 radical (unpaired) electrons. The molecule has 0 N–H and O–H groups in total. The first-order valence-electron chi connectivity index (χ1n) is 8.80. The van der Waals surface area contributed by atoms with Gasteiger partial charge in [0.2, 0.25) is 0 Å². The third kappa shape index (κ3) is 2.19. The van der Waals surface area contributed by atoms with Crippen molar-refractivity contribution in [3.05, 3.63) is 81.9 Å². The fourth-order valence-corrected chi connectivity index (χ4v) is 4.12. The average molecular weight is 340 g/mol. The summed E-state index contributed by atoms with van der Waals surface area (Å²) in [4.78, 5) is 15.5. The zero-order valence-electron chi connectivity index (χ0n) is 14.1. The highest BCUT2D eigenvalue weighted by Gasteiger charge is 2.22. The molecule has 1 heterocycles. The lowest BCUT2D eigenvalue weighted by Crippen LogP contribution is -1.97. The molecular formula is C22H16N2O2. The number of hydrogen-bond donors (Lipinski definition) is 0. The molecule has 1 aliphatic rings. The third-order valence-electron chi connectivity index (χ3n) is 5.30. The highest BCUT2D eigenvalue weighted by atomic mass is 16.6. The minimum Gasteiger partial charge on any atom is -0.258 e. The van der Waals surface area contributed by atoms with Gasteiger partial charge in [0.1, 0.15) is 0 Å². The first kappa shape index (κ1) is 15.0. The van der Waals surface area contributed by atoms with Gasteiger partial charge in [0.25, 0.3) is 5.69 Å². The number of pyridine rings is 1. The topological polar surface area (TPSA) is 56.0 Å². The SMILES string of the molecule is O=[N+]([O-])c1ccc(-c2nc3ccc4ccccc4c3c3c2CCC3)cc1. The predicted octanol–water partition coefficient (Wildman–Crippen LogP) is 5.45. The molecule has 0 atom stereocenters. The molecule has 26 heavy (non-hydrogen) atoms. The monoisotopic (exact) mass is 340 g/mol. The second kappa shape index (κ2) is 5.63. The molecule has 0 amide bonds. The van der Waals surface area contributed by atoms with Crippen molar-refractivity contribution in [3.63, 3.8) is 0 Å². The van der Waals surface area contributed by atoms with E-state index < -0.39 is 0 Å². The Morgan fingerprint density at radius 1 is 0.885 bits per heavy atom. The maximum Gasteiger partial charge on any atom is 0.269 e. The van der Waals surface area contributed by atoms with Crippen LogP contribution in [0.4, 0.5) is 5.69 Å². The van der Waals surface area contributed by atoms with Gasteiger partial charge in [0, 0.05) is 23.1 Å². The van der Waals surface area contributed by atoms with E-state index in [-0.39, 0.29) is 10.6 Å². The Kier molecular flexibility index (Phi) is 3.25. The average Bonchev–Trinajstić information content (AvgIpc) is 3.17. The van der Waals surface area contributed by atoms with E-state index in [0.717, 1.165) is 36.0 Å². The van der Waals surface area contributed by atoms with Gasteiger partial charge < -0.3 is 0 Å². The zero-order valence-corrected chi connectivity index (χ0v) is 14.1. The third-order valence-corrected chi connectivity index (χ3v) is 5.30. The van der Waals surface area contributed by atoms with Crippen LogP contribution in [0.2, 0.25) is 0 Å². The van der Waals surface area contributed by atoms with Gasteiger partial charge in [0.15, 0.2) is 0 Å². The number of benzene rings is 3. The summed E-state index contributed by atoms with van der Waals surface area (Å²) in [6.07, 6.45) is 3.19. The van der Waals surface area contributed by atoms with Crippen LogP contribution in [0, 0.1) is 10.1 Å². The van der Waals surface area contributed by atoms with Gasteiger partial charge >= 0.3 is 0 Å². The molecule has 0 spiro atoms. The lowest BCUT2D eigenvalue weighted by atomic mass is 9.95. The van der Waals surface area contributed by atoms with Crippen LogP contribution < -0.4 is 0 Å². The Bertz CT molecular complexity index is 1180. The Hall–Kier alpha value is -3.27. The van der Waals surface area contributed by atoms with Gasteiger partial charge in [0.05, 0.1) is 16.1 Å². The van der Waals surface area contributed by atoms with Crippen LogP contribution in [0.5, 0.6) is 0 Å². The van der Waals surface area contributed by atoms with Crippen molar-refractivity contribution >= 4 is 27.4 Å². The molecule has 0 saturated carbocycles. The number of nitro groups is 1. The molecule has 1 aliphatic carbocycles. The number of fused-ring (bicyclic) bond motifs is 5. The van der Waals surface area contributed by atoms with Gasteiger partial charge in [-0.15, -0.1) is 0 Å². The van der Waals surface area contributed by atoms with E-state index in [4.69, 9.17) is 4.98 Å². The first-order valence-corrected chi connectivity index (χ1v) is 8.80. The summed E-state index contributed by atoms with van der Waals surface area (Å²) in [5.74, 6) is 0. The quantitative estimate of drug-likeness (QED) is 0.277. The number of aryl methyl sites for hydroxylation is 1. The van der Waals surface area contributed by atoms with E-state index in [1.54, 1.807) is 12.1 Å². The molecule has 0 saturated heterocycles. The van der Waals surface area contributed by atoms with Crippen molar-refractivity contribution in [2.75, 3.05) is 0 Å². The van der Waals surface area contributed by atoms with Crippen molar-refractivity contribution in [1.82, 2.24) is 4.98 Å². The second-order valence-electron chi connectivity index (χ2n) is 6.76. The lowest BCUT2D eigenvalue weighted by Gasteiger charge is -2.13. The highest BCUT2D eigenvalue weighted by Crippen LogP contribution is 2.39. The number of nitrogens with zero attached hydrogens (tertiary/aromatic N) is 2. The minimum absolute atomic E-state index is 0.108. The first-order chi connectivity index (χ1) is 12.7. The van der Waals surface area contributed by atoms with Gasteiger partial charge in [-0.25, -0.2) is 4.98 Å². The molecular weight excluding hydrogens is 324 g/mol. The van der Waals surface area contributed by atoms with Crippen LogP contribution in [0.25, 0.3) is 32.9 Å². The fraction of sp³-hybridized carbons (Fsp3) is 0.136. The molecule has 126 valence electrons. The normalized spacial score (nSPS) is 13.2. The summed E-state index contributed by atoms with van der Waals surface area (Å²) in [6, 6.07) is 19.4. The molecule has 0 unspecified atom stereocenters. The van der Waals surface area contributed by atoms with Crippen LogP contribution in [0.1, 0.15) is 17.5 Å². The van der Waals surface area contributed by atoms with Crippen molar-refractivity contribution < 1.29 is 4.92 Å². The Balaban J connectivity index is 1.80. The van der Waals surface area contributed by atoms with Gasteiger partial charge in [-0.2, -0.15) is 0 Å². The molecule has 5 rings (SSSR count). The smallest absolute Gasteiger partial charge is 0.258 e. The number of hydrogen-bond acceptors (Lipinski definition) is 3. The van der Waals surface area contributed by atoms with Gasteiger partial charge in [-0.05, 0) is 59.4 Å². The van der Waals surface area contributed by atoms with E-state index in [0.29, 0.717) is 0 Å². The van der Waals surface area contributed by atoms with Crippen LogP contribution in [0.15, 0.2) is 60.7 Å². The maximum absolute atomic E-state index is 10.9. The van der Waals surface area contributed by atoms with E-state index >= 15 is 0 Å². The van der Waals surface area contributed by atoms with E-state index in [9.17, 15) is 10.1 Å². The summed E-state index contributed by atoms with van der Waals surface area (Å²) in [5.41, 5.74) is 5.71. The molecule has 1 aromatic heterocycles. The van der Waals surface area contributed by atoms with Crippen LogP contribution >= 0.6 is 0 Å². The minimum atomic E-state index is -0.367. The maximum atomic E-state index is 10.9. The number of aromatic nitrogens is 1. The van der Waals surface area contributed by atoms with E-state index in [2.05, 4.69) is 36.4 Å². The fourth-order valence-electron chi connectivity index (χ4n) is 4.12. The van der Waals surface area contributed by atoms with E-state index in [1.807, 2.05) is 12.1 Å². The van der Waals surface area contributed by atoms with Crippen LogP contribution in [-0.2, 0) is 12.8 Å². The standard InChI is InChI=1S/C22H16N2O2/c25-24(26)16-11-8-15(9-12-16)22-19-7-3-6-18(19)21-17-5-2-1-4-14(17)10-13-20(21)23-22/h1-2,4-5,8-13H,3,6-7H2. The largest absolute Gasteiger partial charge is 0.269 e. The summed E-state index contributed by atoms with van der Waals surface area (Å²) in [6.45, 7) is 0. The van der Waals surface area contributed by atoms with Crippen LogP contribution in [-0.4, -0.2) is 9.91 Å². The molecule has 0 bridgehead atoms. The van der Waals surface area contributed by atoms with Crippen molar-refractivity contribution in [1.29, 1.82) is 0 Å². The molecule has 0 fully saturated rings. The summed E-state index contributed by atoms with van der Waals surface area (Å²) >= 11 is 0. The number of nitro benzene ring substituents is 1. The summed E-state index contributed by atoms with van der Waals surface area (Å²) in [5, 5.41) is 14.7. The molecule has 0 aliphatic heterocycles. The Morgan fingerprint density at radius 3 is 2.46 bits per heavy atom. The molecule has 4 aromatic rings. The van der Waals surface area contributed by atoms with Crippen molar-refractivity contribution in [3.8, 4) is 11.3 Å². The van der Waals surface area contributed by atoms with Crippen LogP contribution in [0.3, 0.4) is 0 Å². The van der Waals surface area contributed by atoms with Gasteiger partial charge in [-0.3, -0.25) is 10.1 Å². The van der Waals surface area contributed by atoms with Crippen molar-refractivity contribution in [2.45, 2.75) is 19.3 Å². The predicted molar refractivity (Wildman–Crippen MR) is 103 cm³/mol. The highest BCUT2D eigenvalue weighted by molar-refractivity contribution is 6.09. The molecule has 4 nitrogen and oxygen atoms in total. The Labute approximate surface area is 150 Å². The summed E-state index contributed by atoms with van der Waals surface area (Å²) < 4.78 is 0. The Morgan fingerprint density at radius 2 is 1.65 bits per heavy atom. The number of non-ortho nitro benzene ring substituents is 1. The van der Waals surface area contributed by atoms with Crippen molar-refractivity contribution in [2.24, 2.45) is 0 Å². The molecule has 3 aromatic carbocycles. The van der Waals surface area contributed by atoms with E-state index in [1.165, 1.54) is 27.3 Å². The number of rotatable bonds is 2. The summed E-state index contributed by atoms with van der Waals surface area (Å²) in [7, 11) is 0. The molecule has 4 heteroatoms.